The molecule has 4 heteroatoms. The molecule has 1 aliphatic rings. The van der Waals surface area contributed by atoms with Crippen LogP contribution in [0.25, 0.3) is 11.3 Å². The molecule has 0 spiro atoms. The first-order chi connectivity index (χ1) is 7.86. The van der Waals surface area contributed by atoms with Crippen molar-refractivity contribution in [3.05, 3.63) is 30.5 Å². The Morgan fingerprint density at radius 3 is 2.81 bits per heavy atom. The van der Waals surface area contributed by atoms with E-state index in [0.717, 1.165) is 23.1 Å². The first-order valence-corrected chi connectivity index (χ1v) is 7.42. The van der Waals surface area contributed by atoms with Crippen LogP contribution in [0.5, 0.6) is 0 Å². The molecule has 0 saturated heterocycles. The monoisotopic (exact) mass is 248 g/mol. The molecule has 0 fully saturated rings. The third-order valence-electron chi connectivity index (χ3n) is 2.69. The largest absolute Gasteiger partial charge is 0.325 e. The minimum atomic E-state index is 1.09. The van der Waals surface area contributed by atoms with Crippen LogP contribution in [0.1, 0.15) is 0 Å². The molecule has 1 aliphatic heterocycles. The summed E-state index contributed by atoms with van der Waals surface area (Å²) < 4.78 is 2.24. The minimum absolute atomic E-state index is 1.09. The van der Waals surface area contributed by atoms with Crippen LogP contribution in [-0.2, 0) is 6.54 Å². The molecule has 0 radical (unpaired) electrons. The highest BCUT2D eigenvalue weighted by molar-refractivity contribution is 7.99. The van der Waals surface area contributed by atoms with Gasteiger partial charge in [0.05, 0.1) is 5.69 Å². The number of thioether (sulfide) groups is 2. The highest BCUT2D eigenvalue weighted by Crippen LogP contribution is 2.29. The second-order valence-corrected chi connectivity index (χ2v) is 5.62. The number of benzene rings is 1. The van der Waals surface area contributed by atoms with Crippen molar-refractivity contribution in [1.82, 2.24) is 9.55 Å². The van der Waals surface area contributed by atoms with Gasteiger partial charge in [0.15, 0.2) is 5.16 Å². The molecule has 0 bridgehead atoms. The van der Waals surface area contributed by atoms with Crippen LogP contribution in [0, 0.1) is 0 Å². The molecule has 0 atom stereocenters. The number of rotatable bonds is 2. The van der Waals surface area contributed by atoms with Crippen LogP contribution in [0.3, 0.4) is 0 Å². The van der Waals surface area contributed by atoms with E-state index in [2.05, 4.69) is 46.3 Å². The number of hydrogen-bond donors (Lipinski definition) is 0. The first kappa shape index (κ1) is 10.3. The van der Waals surface area contributed by atoms with Crippen molar-refractivity contribution in [1.29, 1.82) is 0 Å². The smallest absolute Gasteiger partial charge is 0.168 e. The highest BCUT2D eigenvalue weighted by atomic mass is 32.2. The fourth-order valence-electron chi connectivity index (χ4n) is 1.81. The summed E-state index contributed by atoms with van der Waals surface area (Å²) >= 11 is 3.61. The molecule has 0 amide bonds. The predicted octanol–water partition coefficient (Wildman–Crippen LogP) is 3.38. The van der Waals surface area contributed by atoms with Crippen molar-refractivity contribution in [3.63, 3.8) is 0 Å². The van der Waals surface area contributed by atoms with Gasteiger partial charge in [0, 0.05) is 29.0 Å². The molecular weight excluding hydrogens is 236 g/mol. The molecule has 0 aliphatic carbocycles. The van der Waals surface area contributed by atoms with E-state index < -0.39 is 0 Å². The van der Waals surface area contributed by atoms with E-state index in [1.165, 1.54) is 10.5 Å². The minimum Gasteiger partial charge on any atom is -0.325 e. The van der Waals surface area contributed by atoms with Crippen LogP contribution in [-0.4, -0.2) is 21.6 Å². The Balaban J connectivity index is 1.95. The van der Waals surface area contributed by atoms with Gasteiger partial charge in [0.1, 0.15) is 0 Å². The van der Waals surface area contributed by atoms with E-state index in [-0.39, 0.29) is 0 Å². The Hall–Kier alpha value is -0.870. The van der Waals surface area contributed by atoms with Crippen molar-refractivity contribution in [2.75, 3.05) is 12.0 Å². The van der Waals surface area contributed by atoms with Crippen molar-refractivity contribution in [2.45, 2.75) is 16.6 Å². The van der Waals surface area contributed by atoms with Crippen molar-refractivity contribution in [2.24, 2.45) is 0 Å². The number of fused-ring (bicyclic) bond motifs is 1. The van der Waals surface area contributed by atoms with Crippen molar-refractivity contribution >= 4 is 23.5 Å². The molecule has 1 aromatic heterocycles. The second kappa shape index (κ2) is 4.18. The van der Waals surface area contributed by atoms with Gasteiger partial charge in [0.2, 0.25) is 0 Å². The van der Waals surface area contributed by atoms with E-state index >= 15 is 0 Å². The lowest BCUT2D eigenvalue weighted by atomic mass is 10.2. The van der Waals surface area contributed by atoms with Gasteiger partial charge < -0.3 is 4.57 Å². The maximum atomic E-state index is 4.64. The van der Waals surface area contributed by atoms with Gasteiger partial charge in [-0.1, -0.05) is 23.9 Å². The zero-order chi connectivity index (χ0) is 11.0. The fraction of sp³-hybridized carbons (Fsp3) is 0.250. The Labute approximate surface area is 103 Å². The lowest BCUT2D eigenvalue weighted by Crippen LogP contribution is -1.89. The van der Waals surface area contributed by atoms with Crippen molar-refractivity contribution < 1.29 is 0 Å². The van der Waals surface area contributed by atoms with Gasteiger partial charge >= 0.3 is 0 Å². The lowest BCUT2D eigenvalue weighted by Gasteiger charge is -1.99. The summed E-state index contributed by atoms with van der Waals surface area (Å²) in [6, 6.07) is 8.60. The molecular formula is C12H12N2S2. The van der Waals surface area contributed by atoms with E-state index in [1.807, 2.05) is 11.8 Å². The van der Waals surface area contributed by atoms with Gasteiger partial charge in [-0.25, -0.2) is 4.98 Å². The third-order valence-corrected chi connectivity index (χ3v) is 4.40. The number of hydrogen-bond acceptors (Lipinski definition) is 3. The van der Waals surface area contributed by atoms with Crippen LogP contribution >= 0.6 is 23.5 Å². The van der Waals surface area contributed by atoms with E-state index in [9.17, 15) is 0 Å². The SMILES string of the molecule is CSc1ccc(-c2cn3c(n2)SCC3)cc1. The van der Waals surface area contributed by atoms with E-state index in [1.54, 1.807) is 11.8 Å². The summed E-state index contributed by atoms with van der Waals surface area (Å²) in [6.45, 7) is 1.09. The molecule has 2 nitrogen and oxygen atoms in total. The first-order valence-electron chi connectivity index (χ1n) is 5.21. The average Bonchev–Trinajstić information content (AvgIpc) is 2.89. The molecule has 2 aromatic rings. The summed E-state index contributed by atoms with van der Waals surface area (Å²) in [6.07, 6.45) is 4.25. The van der Waals surface area contributed by atoms with Gasteiger partial charge in [-0.3, -0.25) is 0 Å². The summed E-state index contributed by atoms with van der Waals surface area (Å²) in [4.78, 5) is 5.93. The quantitative estimate of drug-likeness (QED) is 0.759. The fourth-order valence-corrected chi connectivity index (χ4v) is 3.16. The zero-order valence-electron chi connectivity index (χ0n) is 9.01. The molecule has 82 valence electrons. The normalized spacial score (nSPS) is 14.1. The zero-order valence-corrected chi connectivity index (χ0v) is 10.6. The maximum absolute atomic E-state index is 4.64. The van der Waals surface area contributed by atoms with Crippen LogP contribution in [0.15, 0.2) is 40.5 Å². The lowest BCUT2D eigenvalue weighted by molar-refractivity contribution is 0.719. The van der Waals surface area contributed by atoms with Crippen LogP contribution in [0.4, 0.5) is 0 Å². The molecule has 0 unspecified atom stereocenters. The summed E-state index contributed by atoms with van der Waals surface area (Å²) in [5, 5.41) is 1.16. The predicted molar refractivity (Wildman–Crippen MR) is 70.2 cm³/mol. The molecule has 2 heterocycles. The van der Waals surface area contributed by atoms with E-state index in [4.69, 9.17) is 0 Å². The van der Waals surface area contributed by atoms with Crippen molar-refractivity contribution in [3.8, 4) is 11.3 Å². The molecule has 16 heavy (non-hydrogen) atoms. The Kier molecular flexibility index (Phi) is 2.69. The van der Waals surface area contributed by atoms with Gasteiger partial charge in [-0.2, -0.15) is 0 Å². The van der Waals surface area contributed by atoms with Gasteiger partial charge in [0.25, 0.3) is 0 Å². The Morgan fingerprint density at radius 2 is 2.12 bits per heavy atom. The van der Waals surface area contributed by atoms with Gasteiger partial charge in [-0.15, -0.1) is 11.8 Å². The number of aryl methyl sites for hydroxylation is 1. The summed E-state index contributed by atoms with van der Waals surface area (Å²) in [7, 11) is 0. The molecule has 3 rings (SSSR count). The maximum Gasteiger partial charge on any atom is 0.168 e. The Morgan fingerprint density at radius 1 is 1.31 bits per heavy atom. The highest BCUT2D eigenvalue weighted by Gasteiger charge is 2.14. The van der Waals surface area contributed by atoms with Gasteiger partial charge in [-0.05, 0) is 18.4 Å². The molecule has 0 N–H and O–H groups in total. The summed E-state index contributed by atoms with van der Waals surface area (Å²) in [5.41, 5.74) is 2.30. The topological polar surface area (TPSA) is 17.8 Å². The second-order valence-electron chi connectivity index (χ2n) is 3.68. The number of imidazole rings is 1. The molecule has 0 saturated carbocycles. The average molecular weight is 248 g/mol. The standard InChI is InChI=1S/C12H12N2S2/c1-15-10-4-2-9(3-5-10)11-8-14-6-7-16-12(14)13-11/h2-5,8H,6-7H2,1H3. The number of nitrogens with zero attached hydrogens (tertiary/aromatic N) is 2. The third kappa shape index (κ3) is 1.76. The molecule has 1 aromatic carbocycles. The van der Waals surface area contributed by atoms with Crippen LogP contribution in [0.2, 0.25) is 0 Å². The number of aromatic nitrogens is 2. The Bertz CT molecular complexity index is 481. The van der Waals surface area contributed by atoms with Crippen LogP contribution < -0.4 is 0 Å². The van der Waals surface area contributed by atoms with E-state index in [0.29, 0.717) is 0 Å². The summed E-state index contributed by atoms with van der Waals surface area (Å²) in [5.74, 6) is 1.16.